The van der Waals surface area contributed by atoms with Gasteiger partial charge in [0.2, 0.25) is 10.0 Å². The molecule has 2 rings (SSSR count). The molecule has 0 bridgehead atoms. The van der Waals surface area contributed by atoms with Gasteiger partial charge >= 0.3 is 0 Å². The van der Waals surface area contributed by atoms with Crippen molar-refractivity contribution >= 4 is 15.7 Å². The zero-order chi connectivity index (χ0) is 14.6. The molecule has 20 heavy (non-hydrogen) atoms. The Morgan fingerprint density at radius 3 is 2.60 bits per heavy atom. The lowest BCUT2D eigenvalue weighted by Gasteiger charge is -2.30. The smallest absolute Gasteiger partial charge is 0.243 e. The molecule has 1 heterocycles. The Hall–Kier alpha value is -1.07. The van der Waals surface area contributed by atoms with E-state index in [0.717, 1.165) is 31.5 Å². The fourth-order valence-electron chi connectivity index (χ4n) is 2.53. The van der Waals surface area contributed by atoms with Crippen molar-refractivity contribution < 1.29 is 8.42 Å². The van der Waals surface area contributed by atoms with Gasteiger partial charge in [-0.05, 0) is 49.4 Å². The van der Waals surface area contributed by atoms with Gasteiger partial charge < -0.3 is 5.32 Å². The molecule has 0 spiro atoms. The lowest BCUT2D eigenvalue weighted by Crippen LogP contribution is -2.39. The van der Waals surface area contributed by atoms with Gasteiger partial charge in [0.05, 0.1) is 4.90 Å². The molecule has 1 unspecified atom stereocenters. The summed E-state index contributed by atoms with van der Waals surface area (Å²) in [6.45, 7) is 6.39. The molecular formula is C15H24N2O2S. The van der Waals surface area contributed by atoms with E-state index in [2.05, 4.69) is 19.2 Å². The summed E-state index contributed by atoms with van der Waals surface area (Å²) < 4.78 is 26.7. The molecule has 1 aliphatic heterocycles. The number of rotatable bonds is 5. The normalized spacial score (nSPS) is 20.8. The quantitative estimate of drug-likeness (QED) is 0.909. The number of nitrogens with one attached hydrogen (secondary N) is 1. The monoisotopic (exact) mass is 296 g/mol. The first kappa shape index (κ1) is 15.3. The highest BCUT2D eigenvalue weighted by atomic mass is 32.2. The number of piperidine rings is 1. The Labute approximate surface area is 122 Å². The number of hydrogen-bond donors (Lipinski definition) is 1. The Balaban J connectivity index is 2.12. The second-order valence-electron chi connectivity index (χ2n) is 5.56. The van der Waals surface area contributed by atoms with Crippen molar-refractivity contribution in [3.8, 4) is 0 Å². The third-order valence-corrected chi connectivity index (χ3v) is 5.57. The van der Waals surface area contributed by atoms with E-state index in [1.807, 2.05) is 12.1 Å². The summed E-state index contributed by atoms with van der Waals surface area (Å²) in [5.74, 6) is 0.448. The SMILES string of the molecule is CCCNc1ccc(S(=O)(=O)N2CCCC(C)C2)cc1. The molecule has 5 heteroatoms. The highest BCUT2D eigenvalue weighted by molar-refractivity contribution is 7.89. The molecule has 112 valence electrons. The molecule has 0 amide bonds. The minimum atomic E-state index is -3.33. The number of nitrogens with zero attached hydrogens (tertiary/aromatic N) is 1. The van der Waals surface area contributed by atoms with E-state index in [9.17, 15) is 8.42 Å². The first-order valence-electron chi connectivity index (χ1n) is 7.38. The van der Waals surface area contributed by atoms with Crippen LogP contribution in [-0.4, -0.2) is 32.4 Å². The average Bonchev–Trinajstić information content (AvgIpc) is 2.45. The molecule has 1 aromatic rings. The van der Waals surface area contributed by atoms with E-state index >= 15 is 0 Å². The van der Waals surface area contributed by atoms with Crippen molar-refractivity contribution in [3.63, 3.8) is 0 Å². The zero-order valence-electron chi connectivity index (χ0n) is 12.3. The van der Waals surface area contributed by atoms with Crippen LogP contribution in [0.15, 0.2) is 29.2 Å². The second kappa shape index (κ2) is 6.59. The van der Waals surface area contributed by atoms with Crippen LogP contribution in [0.1, 0.15) is 33.1 Å². The first-order chi connectivity index (χ1) is 9.54. The highest BCUT2D eigenvalue weighted by Crippen LogP contribution is 2.24. The summed E-state index contributed by atoms with van der Waals surface area (Å²) in [6, 6.07) is 7.09. The minimum absolute atomic E-state index is 0.397. The molecule has 0 aliphatic carbocycles. The van der Waals surface area contributed by atoms with Gasteiger partial charge in [-0.25, -0.2) is 8.42 Å². The molecule has 4 nitrogen and oxygen atoms in total. The Kier molecular flexibility index (Phi) is 5.05. The van der Waals surface area contributed by atoms with Crippen molar-refractivity contribution in [1.29, 1.82) is 0 Å². The third-order valence-electron chi connectivity index (χ3n) is 3.69. The van der Waals surface area contributed by atoms with Crippen LogP contribution in [0.25, 0.3) is 0 Å². The molecule has 1 aliphatic rings. The van der Waals surface area contributed by atoms with E-state index in [4.69, 9.17) is 0 Å². The van der Waals surface area contributed by atoms with Gasteiger partial charge in [0.25, 0.3) is 0 Å². The fraction of sp³-hybridized carbons (Fsp3) is 0.600. The van der Waals surface area contributed by atoms with Gasteiger partial charge in [-0.15, -0.1) is 0 Å². The molecule has 0 saturated carbocycles. The maximum atomic E-state index is 12.6. The summed E-state index contributed by atoms with van der Waals surface area (Å²) in [5.41, 5.74) is 0.970. The van der Waals surface area contributed by atoms with Crippen molar-refractivity contribution in [2.24, 2.45) is 5.92 Å². The highest BCUT2D eigenvalue weighted by Gasteiger charge is 2.28. The van der Waals surface area contributed by atoms with Crippen LogP contribution in [0.4, 0.5) is 5.69 Å². The van der Waals surface area contributed by atoms with Crippen LogP contribution < -0.4 is 5.32 Å². The molecule has 0 aromatic heterocycles. The third kappa shape index (κ3) is 3.52. The van der Waals surface area contributed by atoms with Crippen molar-refractivity contribution in [2.45, 2.75) is 38.0 Å². The lowest BCUT2D eigenvalue weighted by atomic mass is 10.0. The maximum absolute atomic E-state index is 12.6. The van der Waals surface area contributed by atoms with Crippen LogP contribution in [0.2, 0.25) is 0 Å². The Morgan fingerprint density at radius 1 is 1.30 bits per heavy atom. The Morgan fingerprint density at radius 2 is 2.00 bits per heavy atom. The van der Waals surface area contributed by atoms with Gasteiger partial charge in [-0.1, -0.05) is 13.8 Å². The minimum Gasteiger partial charge on any atom is -0.385 e. The summed E-state index contributed by atoms with van der Waals surface area (Å²) >= 11 is 0. The van der Waals surface area contributed by atoms with Gasteiger partial charge in [0.1, 0.15) is 0 Å². The van der Waals surface area contributed by atoms with Crippen molar-refractivity contribution in [1.82, 2.24) is 4.31 Å². The molecule has 1 fully saturated rings. The van der Waals surface area contributed by atoms with Gasteiger partial charge in [0, 0.05) is 25.3 Å². The molecule has 1 N–H and O–H groups in total. The van der Waals surface area contributed by atoms with Crippen LogP contribution in [0.5, 0.6) is 0 Å². The number of benzene rings is 1. The molecule has 1 aromatic carbocycles. The van der Waals surface area contributed by atoms with Gasteiger partial charge in [-0.3, -0.25) is 0 Å². The van der Waals surface area contributed by atoms with Gasteiger partial charge in [0.15, 0.2) is 0 Å². The summed E-state index contributed by atoms with van der Waals surface area (Å²) in [7, 11) is -3.33. The summed E-state index contributed by atoms with van der Waals surface area (Å²) in [4.78, 5) is 0.397. The molecule has 1 atom stereocenters. The topological polar surface area (TPSA) is 49.4 Å². The second-order valence-corrected chi connectivity index (χ2v) is 7.50. The van der Waals surface area contributed by atoms with E-state index in [0.29, 0.717) is 23.9 Å². The fourth-order valence-corrected chi connectivity index (χ4v) is 4.13. The summed E-state index contributed by atoms with van der Waals surface area (Å²) in [5, 5.41) is 3.25. The number of hydrogen-bond acceptors (Lipinski definition) is 3. The summed E-state index contributed by atoms with van der Waals surface area (Å²) in [6.07, 6.45) is 3.12. The number of sulfonamides is 1. The predicted molar refractivity (Wildman–Crippen MR) is 82.4 cm³/mol. The molecular weight excluding hydrogens is 272 g/mol. The van der Waals surface area contributed by atoms with E-state index in [1.54, 1.807) is 16.4 Å². The molecule has 1 saturated heterocycles. The maximum Gasteiger partial charge on any atom is 0.243 e. The standard InChI is InChI=1S/C15H24N2O2S/c1-3-10-16-14-6-8-15(9-7-14)20(18,19)17-11-4-5-13(2)12-17/h6-9,13,16H,3-5,10-12H2,1-2H3. The van der Waals surface area contributed by atoms with Crippen molar-refractivity contribution in [3.05, 3.63) is 24.3 Å². The predicted octanol–water partition coefficient (Wildman–Crippen LogP) is 2.93. The van der Waals surface area contributed by atoms with Crippen LogP contribution in [-0.2, 0) is 10.0 Å². The average molecular weight is 296 g/mol. The number of anilines is 1. The first-order valence-corrected chi connectivity index (χ1v) is 8.82. The van der Waals surface area contributed by atoms with E-state index in [-0.39, 0.29) is 0 Å². The largest absolute Gasteiger partial charge is 0.385 e. The van der Waals surface area contributed by atoms with E-state index in [1.165, 1.54) is 0 Å². The zero-order valence-corrected chi connectivity index (χ0v) is 13.1. The van der Waals surface area contributed by atoms with Crippen LogP contribution in [0, 0.1) is 5.92 Å². The van der Waals surface area contributed by atoms with E-state index < -0.39 is 10.0 Å². The van der Waals surface area contributed by atoms with Crippen molar-refractivity contribution in [2.75, 3.05) is 25.0 Å². The van der Waals surface area contributed by atoms with Crippen LogP contribution >= 0.6 is 0 Å². The van der Waals surface area contributed by atoms with Gasteiger partial charge in [-0.2, -0.15) is 4.31 Å². The van der Waals surface area contributed by atoms with Crippen LogP contribution in [0.3, 0.4) is 0 Å². The molecule has 0 radical (unpaired) electrons. The lowest BCUT2D eigenvalue weighted by molar-refractivity contribution is 0.281. The Bertz CT molecular complexity index is 525.